The molecule has 0 saturated carbocycles. The Morgan fingerprint density at radius 2 is 1.80 bits per heavy atom. The molecule has 0 aliphatic rings. The first-order chi connectivity index (χ1) is 11.3. The lowest BCUT2D eigenvalue weighted by Gasteiger charge is -2.13. The summed E-state index contributed by atoms with van der Waals surface area (Å²) in [6.07, 6.45) is 5.17. The van der Waals surface area contributed by atoms with Crippen LogP contribution in [0.5, 0.6) is 5.75 Å². The van der Waals surface area contributed by atoms with Crippen LogP contribution in [0.4, 0.5) is 0 Å². The summed E-state index contributed by atoms with van der Waals surface area (Å²) in [7, 11) is -3.58. The van der Waals surface area contributed by atoms with Crippen LogP contribution in [0.15, 0.2) is 24.3 Å². The predicted octanol–water partition coefficient (Wildman–Crippen LogP) is 1.55. The molecule has 1 aromatic carbocycles. The summed E-state index contributed by atoms with van der Waals surface area (Å²) in [5, 5.41) is 9.10. The van der Waals surface area contributed by atoms with Crippen LogP contribution in [0.25, 0.3) is 0 Å². The van der Waals surface area contributed by atoms with E-state index in [1.807, 2.05) is 0 Å². The highest BCUT2D eigenvalue weighted by Gasteiger charge is 2.21. The molecule has 0 bridgehead atoms. The summed E-state index contributed by atoms with van der Waals surface area (Å²) < 4.78 is 30.1. The number of halogens is 1. The van der Waals surface area contributed by atoms with Crippen molar-refractivity contribution in [2.24, 2.45) is 5.73 Å². The minimum Gasteiger partial charge on any atom is -0.494 e. The van der Waals surface area contributed by atoms with Crippen LogP contribution in [0, 0.1) is 0 Å². The number of hydrogen-bond donors (Lipinski definition) is 3. The Labute approximate surface area is 155 Å². The number of aliphatic carboxylic acids is 1. The smallest absolute Gasteiger partial charge is 0.322 e. The van der Waals surface area contributed by atoms with E-state index in [2.05, 4.69) is 4.72 Å². The molecule has 25 heavy (non-hydrogen) atoms. The van der Waals surface area contributed by atoms with Gasteiger partial charge < -0.3 is 15.6 Å². The van der Waals surface area contributed by atoms with Crippen molar-refractivity contribution in [1.29, 1.82) is 0 Å². The lowest BCUT2D eigenvalue weighted by molar-refractivity contribution is -0.138. The third kappa shape index (κ3) is 11.0. The fraction of sp³-hybridized carbons (Fsp3) is 0.562. The van der Waals surface area contributed by atoms with Crippen molar-refractivity contribution in [3.8, 4) is 5.75 Å². The molecule has 7 nitrogen and oxygen atoms in total. The molecular formula is C16H27ClN2O5S. The predicted molar refractivity (Wildman–Crippen MR) is 99.8 cm³/mol. The fourth-order valence-electron chi connectivity index (χ4n) is 2.19. The molecular weight excluding hydrogens is 368 g/mol. The Morgan fingerprint density at radius 3 is 2.32 bits per heavy atom. The Hall–Kier alpha value is -1.35. The van der Waals surface area contributed by atoms with Gasteiger partial charge in [0.2, 0.25) is 10.0 Å². The molecule has 0 radical (unpaired) electrons. The first-order valence-electron chi connectivity index (χ1n) is 7.94. The van der Waals surface area contributed by atoms with E-state index in [0.29, 0.717) is 24.5 Å². The molecule has 0 aliphatic heterocycles. The molecule has 0 saturated heterocycles. The first kappa shape index (κ1) is 23.6. The van der Waals surface area contributed by atoms with Gasteiger partial charge >= 0.3 is 5.97 Å². The van der Waals surface area contributed by atoms with Gasteiger partial charge in [0.05, 0.1) is 12.9 Å². The van der Waals surface area contributed by atoms with Gasteiger partial charge in [-0.3, -0.25) is 4.79 Å². The van der Waals surface area contributed by atoms with Gasteiger partial charge in [0.25, 0.3) is 0 Å². The highest BCUT2D eigenvalue weighted by Crippen LogP contribution is 2.14. The van der Waals surface area contributed by atoms with Gasteiger partial charge in [-0.05, 0) is 43.5 Å². The molecule has 0 heterocycles. The first-order valence-corrected chi connectivity index (χ1v) is 9.83. The summed E-state index contributed by atoms with van der Waals surface area (Å²) >= 11 is 0. The minimum atomic E-state index is -3.58. The van der Waals surface area contributed by atoms with E-state index in [9.17, 15) is 13.2 Å². The number of hydrogen-bond acceptors (Lipinski definition) is 5. The SMILES string of the molecule is CS(=O)(=O)NC(Cc1ccc(OCCCCCCN)cc1)C(=O)O.Cl. The lowest BCUT2D eigenvalue weighted by atomic mass is 10.1. The van der Waals surface area contributed by atoms with E-state index >= 15 is 0 Å². The molecule has 1 atom stereocenters. The van der Waals surface area contributed by atoms with E-state index in [1.54, 1.807) is 24.3 Å². The molecule has 0 fully saturated rings. The van der Waals surface area contributed by atoms with Crippen LogP contribution >= 0.6 is 12.4 Å². The number of carbonyl (C=O) groups is 1. The average Bonchev–Trinajstić information content (AvgIpc) is 2.50. The summed E-state index contributed by atoms with van der Waals surface area (Å²) in [5.41, 5.74) is 6.15. The molecule has 144 valence electrons. The summed E-state index contributed by atoms with van der Waals surface area (Å²) in [6, 6.07) is 5.81. The average molecular weight is 395 g/mol. The molecule has 1 rings (SSSR count). The second-order valence-electron chi connectivity index (χ2n) is 5.68. The fourth-order valence-corrected chi connectivity index (χ4v) is 2.89. The monoisotopic (exact) mass is 394 g/mol. The molecule has 1 unspecified atom stereocenters. The van der Waals surface area contributed by atoms with Gasteiger partial charge in [-0.2, -0.15) is 0 Å². The third-order valence-corrected chi connectivity index (χ3v) is 4.10. The van der Waals surface area contributed by atoms with Crippen molar-refractivity contribution in [2.45, 2.75) is 38.1 Å². The highest BCUT2D eigenvalue weighted by atomic mass is 35.5. The van der Waals surface area contributed by atoms with Crippen LogP contribution in [0.2, 0.25) is 0 Å². The summed E-state index contributed by atoms with van der Waals surface area (Å²) in [5.74, 6) is -0.501. The van der Waals surface area contributed by atoms with Crippen molar-refractivity contribution >= 4 is 28.4 Å². The quantitative estimate of drug-likeness (QED) is 0.463. The van der Waals surface area contributed by atoms with Gasteiger partial charge in [-0.1, -0.05) is 25.0 Å². The number of nitrogens with two attached hydrogens (primary N) is 1. The lowest BCUT2D eigenvalue weighted by Crippen LogP contribution is -2.41. The number of sulfonamides is 1. The second-order valence-corrected chi connectivity index (χ2v) is 7.46. The zero-order chi connectivity index (χ0) is 18.0. The third-order valence-electron chi connectivity index (χ3n) is 3.38. The molecule has 9 heteroatoms. The van der Waals surface area contributed by atoms with Gasteiger partial charge in [0.1, 0.15) is 11.8 Å². The summed E-state index contributed by atoms with van der Waals surface area (Å²) in [6.45, 7) is 1.34. The van der Waals surface area contributed by atoms with E-state index in [1.165, 1.54) is 0 Å². The van der Waals surface area contributed by atoms with Crippen LogP contribution in [0.3, 0.4) is 0 Å². The largest absolute Gasteiger partial charge is 0.494 e. The van der Waals surface area contributed by atoms with Gasteiger partial charge in [0.15, 0.2) is 0 Å². The van der Waals surface area contributed by atoms with Gasteiger partial charge in [-0.15, -0.1) is 12.4 Å². The second kappa shape index (κ2) is 12.1. The van der Waals surface area contributed by atoms with Crippen molar-refractivity contribution < 1.29 is 23.1 Å². The molecule has 4 N–H and O–H groups in total. The maximum Gasteiger partial charge on any atom is 0.322 e. The van der Waals surface area contributed by atoms with Crippen LogP contribution in [-0.2, 0) is 21.2 Å². The zero-order valence-electron chi connectivity index (χ0n) is 14.3. The molecule has 1 aromatic rings. The topological polar surface area (TPSA) is 119 Å². The number of carboxylic acids is 1. The number of carboxylic acid groups (broad SMARTS) is 1. The number of ether oxygens (including phenoxy) is 1. The van der Waals surface area contributed by atoms with Crippen LogP contribution < -0.4 is 15.2 Å². The number of benzene rings is 1. The van der Waals surface area contributed by atoms with Gasteiger partial charge in [0, 0.05) is 0 Å². The molecule has 0 aromatic heterocycles. The van der Waals surface area contributed by atoms with E-state index in [4.69, 9.17) is 15.6 Å². The van der Waals surface area contributed by atoms with Crippen molar-refractivity contribution in [3.63, 3.8) is 0 Å². The molecule has 0 amide bonds. The van der Waals surface area contributed by atoms with Crippen molar-refractivity contribution in [1.82, 2.24) is 4.72 Å². The van der Waals surface area contributed by atoms with Crippen molar-refractivity contribution in [2.75, 3.05) is 19.4 Å². The Bertz CT molecular complexity index is 607. The highest BCUT2D eigenvalue weighted by molar-refractivity contribution is 7.88. The van der Waals surface area contributed by atoms with E-state index < -0.39 is 22.0 Å². The normalized spacial score (nSPS) is 12.2. The number of unbranched alkanes of at least 4 members (excludes halogenated alkanes) is 3. The maximum atomic E-state index is 11.2. The van der Waals surface area contributed by atoms with Crippen molar-refractivity contribution in [3.05, 3.63) is 29.8 Å². The van der Waals surface area contributed by atoms with Crippen LogP contribution in [0.1, 0.15) is 31.2 Å². The zero-order valence-corrected chi connectivity index (χ0v) is 15.9. The Morgan fingerprint density at radius 1 is 1.20 bits per heavy atom. The van der Waals surface area contributed by atoms with E-state index in [-0.39, 0.29) is 18.8 Å². The number of rotatable bonds is 12. The molecule has 0 spiro atoms. The Balaban J connectivity index is 0.00000576. The van der Waals surface area contributed by atoms with E-state index in [0.717, 1.165) is 31.9 Å². The number of nitrogens with one attached hydrogen (secondary N) is 1. The standard InChI is InChI=1S/C16H26N2O5S.ClH/c1-24(21,22)18-15(16(19)20)12-13-6-8-14(9-7-13)23-11-5-3-2-4-10-17;/h6-9,15,18H,2-5,10-12,17H2,1H3,(H,19,20);1H. The van der Waals surface area contributed by atoms with Crippen LogP contribution in [-0.4, -0.2) is 44.9 Å². The summed E-state index contributed by atoms with van der Waals surface area (Å²) in [4.78, 5) is 11.1. The Kier molecular flexibility index (Phi) is 11.4. The maximum absolute atomic E-state index is 11.2. The minimum absolute atomic E-state index is 0. The van der Waals surface area contributed by atoms with Gasteiger partial charge in [-0.25, -0.2) is 13.1 Å². The molecule has 0 aliphatic carbocycles.